The number of nitrogens with zero attached hydrogens (tertiary/aromatic N) is 3. The quantitative estimate of drug-likeness (QED) is 0.662. The van der Waals surface area contributed by atoms with Crippen LogP contribution in [0.25, 0.3) is 0 Å². The molecule has 8 heteroatoms. The van der Waals surface area contributed by atoms with Crippen LogP contribution < -0.4 is 10.2 Å². The molecule has 1 N–H and O–H groups in total. The highest BCUT2D eigenvalue weighted by atomic mass is 16.2. The van der Waals surface area contributed by atoms with Crippen molar-refractivity contribution in [3.05, 3.63) is 29.8 Å². The Morgan fingerprint density at radius 2 is 1.74 bits per heavy atom. The van der Waals surface area contributed by atoms with E-state index in [1.165, 1.54) is 0 Å². The molecule has 3 aliphatic rings. The summed E-state index contributed by atoms with van der Waals surface area (Å²) in [6.45, 7) is 4.53. The third-order valence-electron chi connectivity index (χ3n) is 7.40. The number of likely N-dealkylation sites (tertiary alicyclic amines) is 2. The Morgan fingerprint density at radius 1 is 1.06 bits per heavy atom. The van der Waals surface area contributed by atoms with Gasteiger partial charge in [-0.1, -0.05) is 20.3 Å². The summed E-state index contributed by atoms with van der Waals surface area (Å²) in [7, 11) is 3.86. The van der Waals surface area contributed by atoms with Gasteiger partial charge in [-0.3, -0.25) is 19.2 Å². The maximum Gasteiger partial charge on any atom is 0.251 e. The third-order valence-corrected chi connectivity index (χ3v) is 7.40. The first kappa shape index (κ1) is 24.2. The van der Waals surface area contributed by atoms with Crippen LogP contribution >= 0.6 is 0 Å². The van der Waals surface area contributed by atoms with E-state index in [4.69, 9.17) is 0 Å². The molecule has 0 unspecified atom stereocenters. The molecule has 1 aliphatic carbocycles. The van der Waals surface area contributed by atoms with Crippen LogP contribution in [0, 0.1) is 11.8 Å². The van der Waals surface area contributed by atoms with Gasteiger partial charge in [0.05, 0.1) is 12.6 Å². The number of amides is 3. The zero-order valence-electron chi connectivity index (χ0n) is 20.6. The highest BCUT2D eigenvalue weighted by Gasteiger charge is 2.53. The van der Waals surface area contributed by atoms with Gasteiger partial charge in [-0.2, -0.15) is 0 Å². The largest absolute Gasteiger partial charge is 0.378 e. The lowest BCUT2D eigenvalue weighted by Gasteiger charge is -2.32. The Morgan fingerprint density at radius 3 is 2.29 bits per heavy atom. The van der Waals surface area contributed by atoms with Crippen LogP contribution in [0.3, 0.4) is 0 Å². The number of nitrogens with one attached hydrogen (secondary N) is 1. The van der Waals surface area contributed by atoms with E-state index in [-0.39, 0.29) is 47.9 Å². The summed E-state index contributed by atoms with van der Waals surface area (Å²) in [5, 5.41) is 2.92. The molecule has 0 spiro atoms. The maximum atomic E-state index is 13.6. The predicted molar refractivity (Wildman–Crippen MR) is 129 cm³/mol. The Hall–Kier alpha value is -2.90. The molecule has 3 amide bonds. The standard InChI is InChI=1S/C26H36N4O4/c1-16(2)14-20(27-24(32)17-8-10-19(11-9-17)28(3)4)26(34)29-13-12-21-23(29)22(31)15-30(21)25(33)18-6-5-7-18/h8-11,16,18,20-21,23H,5-7,12-15H2,1-4H3,(H,27,32)/t20-,21+,23-/m0/s1. The van der Waals surface area contributed by atoms with Gasteiger partial charge in [-0.05, 0) is 55.9 Å². The summed E-state index contributed by atoms with van der Waals surface area (Å²) < 4.78 is 0. The molecule has 2 saturated heterocycles. The summed E-state index contributed by atoms with van der Waals surface area (Å²) in [4.78, 5) is 57.6. The van der Waals surface area contributed by atoms with Crippen LogP contribution in [-0.2, 0) is 14.4 Å². The van der Waals surface area contributed by atoms with Crippen molar-refractivity contribution in [1.29, 1.82) is 0 Å². The minimum absolute atomic E-state index is 0.0307. The van der Waals surface area contributed by atoms with Crippen LogP contribution in [0.2, 0.25) is 0 Å². The Labute approximate surface area is 201 Å². The summed E-state index contributed by atoms with van der Waals surface area (Å²) in [6, 6.07) is 5.68. The molecule has 4 rings (SSSR count). The Kier molecular flexibility index (Phi) is 6.96. The number of carbonyl (C=O) groups is 4. The summed E-state index contributed by atoms with van der Waals surface area (Å²) in [5.74, 6) is -0.333. The number of rotatable bonds is 7. The second-order valence-electron chi connectivity index (χ2n) is 10.5. The molecule has 2 aliphatic heterocycles. The molecule has 0 aromatic heterocycles. The van der Waals surface area contributed by atoms with Crippen LogP contribution in [0.4, 0.5) is 5.69 Å². The molecule has 1 aromatic rings. The number of hydrogen-bond donors (Lipinski definition) is 1. The van der Waals surface area contributed by atoms with Gasteiger partial charge in [0, 0.05) is 37.8 Å². The molecule has 8 nitrogen and oxygen atoms in total. The van der Waals surface area contributed by atoms with Crippen LogP contribution in [0.1, 0.15) is 56.3 Å². The molecule has 0 bridgehead atoms. The molecule has 3 fully saturated rings. The van der Waals surface area contributed by atoms with E-state index in [1.807, 2.05) is 45.0 Å². The lowest BCUT2D eigenvalue weighted by Crippen LogP contribution is -2.53. The average Bonchev–Trinajstić information content (AvgIpc) is 3.32. The number of anilines is 1. The minimum Gasteiger partial charge on any atom is -0.378 e. The normalized spacial score (nSPS) is 23.0. The molecule has 184 valence electrons. The van der Waals surface area contributed by atoms with Crippen molar-refractivity contribution in [2.75, 3.05) is 32.1 Å². The van der Waals surface area contributed by atoms with Gasteiger partial charge in [0.2, 0.25) is 11.8 Å². The SMILES string of the molecule is CC(C)C[C@H](NC(=O)c1ccc(N(C)C)cc1)C(=O)N1CC[C@@H]2[C@H]1C(=O)CN2C(=O)C1CCC1. The van der Waals surface area contributed by atoms with Crippen molar-refractivity contribution in [2.45, 2.75) is 64.1 Å². The molecule has 3 atom stereocenters. The van der Waals surface area contributed by atoms with Crippen molar-refractivity contribution in [3.8, 4) is 0 Å². The number of ketones is 1. The van der Waals surface area contributed by atoms with E-state index in [0.29, 0.717) is 24.9 Å². The number of fused-ring (bicyclic) bond motifs is 1. The summed E-state index contributed by atoms with van der Waals surface area (Å²) in [5.41, 5.74) is 1.47. The fraction of sp³-hybridized carbons (Fsp3) is 0.615. The van der Waals surface area contributed by atoms with Gasteiger partial charge >= 0.3 is 0 Å². The van der Waals surface area contributed by atoms with E-state index >= 15 is 0 Å². The molecular weight excluding hydrogens is 432 g/mol. The van der Waals surface area contributed by atoms with E-state index in [9.17, 15) is 19.2 Å². The highest BCUT2D eigenvalue weighted by Crippen LogP contribution is 2.35. The molecular formula is C26H36N4O4. The molecule has 1 aromatic carbocycles. The molecule has 1 saturated carbocycles. The molecule has 0 radical (unpaired) electrons. The summed E-state index contributed by atoms with van der Waals surface area (Å²) >= 11 is 0. The average molecular weight is 469 g/mol. The van der Waals surface area contributed by atoms with Gasteiger partial charge in [-0.25, -0.2) is 0 Å². The van der Waals surface area contributed by atoms with E-state index in [0.717, 1.165) is 24.9 Å². The van der Waals surface area contributed by atoms with Crippen molar-refractivity contribution in [3.63, 3.8) is 0 Å². The van der Waals surface area contributed by atoms with Crippen LogP contribution in [-0.4, -0.2) is 78.6 Å². The Balaban J connectivity index is 1.47. The first-order valence-corrected chi connectivity index (χ1v) is 12.4. The van der Waals surface area contributed by atoms with Crippen LogP contribution in [0.5, 0.6) is 0 Å². The predicted octanol–water partition coefficient (Wildman–Crippen LogP) is 2.08. The Bertz CT molecular complexity index is 954. The number of benzene rings is 1. The smallest absolute Gasteiger partial charge is 0.251 e. The maximum absolute atomic E-state index is 13.6. The first-order valence-electron chi connectivity index (χ1n) is 12.4. The number of carbonyl (C=O) groups excluding carboxylic acids is 4. The van der Waals surface area contributed by atoms with Crippen LogP contribution in [0.15, 0.2) is 24.3 Å². The van der Waals surface area contributed by atoms with Gasteiger partial charge in [0.1, 0.15) is 12.1 Å². The second-order valence-corrected chi connectivity index (χ2v) is 10.5. The fourth-order valence-electron chi connectivity index (χ4n) is 5.29. The van der Waals surface area contributed by atoms with E-state index in [1.54, 1.807) is 21.9 Å². The van der Waals surface area contributed by atoms with E-state index < -0.39 is 12.1 Å². The van der Waals surface area contributed by atoms with Crippen molar-refractivity contribution in [2.24, 2.45) is 11.8 Å². The highest BCUT2D eigenvalue weighted by molar-refractivity contribution is 6.01. The summed E-state index contributed by atoms with van der Waals surface area (Å²) in [6.07, 6.45) is 3.93. The zero-order chi connectivity index (χ0) is 24.6. The van der Waals surface area contributed by atoms with Gasteiger partial charge < -0.3 is 20.0 Å². The van der Waals surface area contributed by atoms with Crippen molar-refractivity contribution < 1.29 is 19.2 Å². The second kappa shape index (κ2) is 9.76. The topological polar surface area (TPSA) is 90.0 Å². The van der Waals surface area contributed by atoms with Crippen molar-refractivity contribution in [1.82, 2.24) is 15.1 Å². The minimum atomic E-state index is -0.719. The third kappa shape index (κ3) is 4.68. The zero-order valence-corrected chi connectivity index (χ0v) is 20.6. The van der Waals surface area contributed by atoms with Gasteiger partial charge in [0.25, 0.3) is 5.91 Å². The fourth-order valence-corrected chi connectivity index (χ4v) is 5.29. The number of Topliss-reactive ketones (excluding diaryl/α,β-unsaturated/α-hetero) is 1. The lowest BCUT2D eigenvalue weighted by molar-refractivity contribution is -0.140. The monoisotopic (exact) mass is 468 g/mol. The van der Waals surface area contributed by atoms with E-state index in [2.05, 4.69) is 5.32 Å². The lowest BCUT2D eigenvalue weighted by atomic mass is 9.84. The molecule has 2 heterocycles. The van der Waals surface area contributed by atoms with Gasteiger partial charge in [0.15, 0.2) is 5.78 Å². The van der Waals surface area contributed by atoms with Gasteiger partial charge in [-0.15, -0.1) is 0 Å². The molecule has 34 heavy (non-hydrogen) atoms. The van der Waals surface area contributed by atoms with Crippen molar-refractivity contribution >= 4 is 29.2 Å². The first-order chi connectivity index (χ1) is 16.2. The number of hydrogen-bond acceptors (Lipinski definition) is 5.